The second-order valence-electron chi connectivity index (χ2n) is 16.9. The molecule has 0 fully saturated rings. The minimum atomic E-state index is -2.71. The summed E-state index contributed by atoms with van der Waals surface area (Å²) in [5.41, 5.74) is 19.0. The Morgan fingerprint density at radius 1 is 0.383 bits per heavy atom. The van der Waals surface area contributed by atoms with Gasteiger partial charge in [0, 0.05) is 15.5 Å². The van der Waals surface area contributed by atoms with Gasteiger partial charge in [0.05, 0.1) is 16.8 Å². The lowest BCUT2D eigenvalue weighted by Gasteiger charge is -2.49. The van der Waals surface area contributed by atoms with Crippen LogP contribution in [-0.2, 0) is 5.41 Å². The van der Waals surface area contributed by atoms with Crippen LogP contribution in [0.5, 0.6) is 0 Å². The highest BCUT2D eigenvalue weighted by molar-refractivity contribution is 7.99. The maximum Gasteiger partial charge on any atom is 0.182 e. The molecular formula is C57H39NSSi. The Morgan fingerprint density at radius 3 is 1.62 bits per heavy atom. The molecule has 0 atom stereocenters. The van der Waals surface area contributed by atoms with Crippen LogP contribution in [0.15, 0.2) is 210 Å². The smallest absolute Gasteiger partial charge is 0.182 e. The lowest BCUT2D eigenvalue weighted by molar-refractivity contribution is 0.692. The number of hydrogen-bond acceptors (Lipinski definition) is 2. The van der Waals surface area contributed by atoms with E-state index in [4.69, 9.17) is 0 Å². The van der Waals surface area contributed by atoms with E-state index < -0.39 is 13.5 Å². The molecule has 0 saturated carbocycles. The number of aryl methyl sites for hydroxylation is 2. The van der Waals surface area contributed by atoms with Crippen molar-refractivity contribution in [2.45, 2.75) is 29.1 Å². The van der Waals surface area contributed by atoms with Gasteiger partial charge in [0.15, 0.2) is 8.07 Å². The van der Waals surface area contributed by atoms with E-state index in [1.54, 1.807) is 0 Å². The first-order valence-electron chi connectivity index (χ1n) is 21.0. The molecule has 9 aromatic rings. The second-order valence-corrected chi connectivity index (χ2v) is 21.7. The fourth-order valence-electron chi connectivity index (χ4n) is 11.5. The Hall–Kier alpha value is -6.65. The molecule has 4 aliphatic rings. The summed E-state index contributed by atoms with van der Waals surface area (Å²) in [5, 5.41) is 6.03. The van der Waals surface area contributed by atoms with Gasteiger partial charge in [-0.1, -0.05) is 181 Å². The molecule has 60 heavy (non-hydrogen) atoms. The summed E-state index contributed by atoms with van der Waals surface area (Å²) in [6.45, 7) is 4.52. The van der Waals surface area contributed by atoms with Crippen LogP contribution in [0.4, 0.5) is 17.1 Å². The average Bonchev–Trinajstić information content (AvgIpc) is 3.75. The summed E-state index contributed by atoms with van der Waals surface area (Å²) >= 11 is 1.90. The largest absolute Gasteiger partial charge is 0.310 e. The molecular weight excluding hydrogens is 759 g/mol. The molecule has 4 aliphatic heterocycles. The first-order chi connectivity index (χ1) is 29.6. The molecule has 0 bridgehead atoms. The highest BCUT2D eigenvalue weighted by Gasteiger charge is 2.55. The summed E-state index contributed by atoms with van der Waals surface area (Å²) in [4.78, 5) is 5.21. The number of rotatable bonds is 2. The van der Waals surface area contributed by atoms with Crippen molar-refractivity contribution in [1.82, 2.24) is 0 Å². The van der Waals surface area contributed by atoms with Crippen molar-refractivity contribution >= 4 is 57.6 Å². The molecule has 0 N–H and O–H groups in total. The molecule has 3 heteroatoms. The molecule has 0 unspecified atom stereocenters. The maximum atomic E-state index is 2.60. The minimum absolute atomic E-state index is 0.535. The molecule has 0 saturated heterocycles. The van der Waals surface area contributed by atoms with Crippen LogP contribution in [0.25, 0.3) is 33.4 Å². The predicted molar refractivity (Wildman–Crippen MR) is 254 cm³/mol. The lowest BCUT2D eigenvalue weighted by atomic mass is 9.62. The van der Waals surface area contributed by atoms with E-state index in [2.05, 4.69) is 219 Å². The van der Waals surface area contributed by atoms with Gasteiger partial charge in [-0.05, 0) is 133 Å². The third kappa shape index (κ3) is 4.33. The Labute approximate surface area is 356 Å². The van der Waals surface area contributed by atoms with Gasteiger partial charge in [0.2, 0.25) is 0 Å². The molecule has 0 radical (unpaired) electrons. The third-order valence-corrected chi connectivity index (χ3v) is 19.9. The molecule has 0 amide bonds. The van der Waals surface area contributed by atoms with Crippen molar-refractivity contribution < 1.29 is 0 Å². The van der Waals surface area contributed by atoms with E-state index in [1.165, 1.54) is 114 Å². The van der Waals surface area contributed by atoms with Crippen molar-refractivity contribution in [2.75, 3.05) is 4.90 Å². The van der Waals surface area contributed by atoms with Gasteiger partial charge < -0.3 is 4.90 Å². The normalized spacial score (nSPS) is 15.0. The first-order valence-corrected chi connectivity index (χ1v) is 23.8. The topological polar surface area (TPSA) is 3.24 Å². The number of nitrogens with zero attached hydrogens (tertiary/aromatic N) is 1. The van der Waals surface area contributed by atoms with Crippen LogP contribution in [0.3, 0.4) is 0 Å². The van der Waals surface area contributed by atoms with Gasteiger partial charge in [0.25, 0.3) is 0 Å². The van der Waals surface area contributed by atoms with Crippen LogP contribution in [0, 0.1) is 13.8 Å². The summed E-state index contributed by atoms with van der Waals surface area (Å²) in [5.74, 6) is 0. The fourth-order valence-corrected chi connectivity index (χ4v) is 18.5. The number of hydrogen-bond donors (Lipinski definition) is 0. The van der Waals surface area contributed by atoms with Gasteiger partial charge in [0.1, 0.15) is 0 Å². The molecule has 4 heterocycles. The summed E-state index contributed by atoms with van der Waals surface area (Å²) < 4.78 is 0. The van der Waals surface area contributed by atoms with E-state index in [1.807, 2.05) is 11.8 Å². The SMILES string of the molecule is Cc1ccc2c(c1)[Si]1(c3ccccc3-c3ccc(N4c5ccccc5C5(c6ccccc6Sc6ccccc65)c5cc(-c6ccccc6)ccc54)cc31)c1cc(C)ccc1-2. The zero-order chi connectivity index (χ0) is 39.7. The number of anilines is 3. The van der Waals surface area contributed by atoms with E-state index in [-0.39, 0.29) is 0 Å². The monoisotopic (exact) mass is 797 g/mol. The highest BCUT2D eigenvalue weighted by atomic mass is 32.2. The molecule has 2 spiro atoms. The molecule has 0 aliphatic carbocycles. The van der Waals surface area contributed by atoms with E-state index in [0.29, 0.717) is 0 Å². The Bertz CT molecular complexity index is 3190. The van der Waals surface area contributed by atoms with Crippen LogP contribution in [0.1, 0.15) is 33.4 Å². The number of para-hydroxylation sites is 1. The lowest BCUT2D eigenvalue weighted by Crippen LogP contribution is -2.70. The maximum absolute atomic E-state index is 2.71. The van der Waals surface area contributed by atoms with E-state index in [0.717, 1.165) is 0 Å². The standard InChI is InChI=1S/C57H39NSSi/c1-36-24-28-42-43-29-25-37(2)33-55(43)60(54(42)32-36)53-23-13-6-16-41(53)44-30-27-40(35-56(44)60)58-49-20-10-7-17-45(49)57(48-34-39(26-31-50(48)58)38-14-4-3-5-15-38)46-18-8-11-21-51(46)59-52-22-12-9-19-47(52)57/h3-35H,1-2H3. The van der Waals surface area contributed by atoms with E-state index in [9.17, 15) is 0 Å². The summed E-state index contributed by atoms with van der Waals surface area (Å²) in [7, 11) is -2.71. The Kier molecular flexibility index (Phi) is 7.10. The highest BCUT2D eigenvalue weighted by Crippen LogP contribution is 2.63. The van der Waals surface area contributed by atoms with Gasteiger partial charge >= 0.3 is 0 Å². The van der Waals surface area contributed by atoms with Crippen molar-refractivity contribution in [3.05, 3.63) is 234 Å². The Morgan fingerprint density at radius 2 is 0.917 bits per heavy atom. The van der Waals surface area contributed by atoms with Crippen LogP contribution >= 0.6 is 11.8 Å². The molecule has 9 aromatic carbocycles. The Balaban J connectivity index is 1.13. The summed E-state index contributed by atoms with van der Waals surface area (Å²) in [6, 6.07) is 76.8. The van der Waals surface area contributed by atoms with Crippen molar-refractivity contribution in [3.63, 3.8) is 0 Å². The van der Waals surface area contributed by atoms with Gasteiger partial charge in [-0.25, -0.2) is 0 Å². The fraction of sp³-hybridized carbons (Fsp3) is 0.0526. The number of fused-ring (bicyclic) bond motifs is 18. The van der Waals surface area contributed by atoms with Gasteiger partial charge in [-0.15, -0.1) is 0 Å². The molecule has 1 nitrogen and oxygen atoms in total. The van der Waals surface area contributed by atoms with Gasteiger partial charge in [-0.3, -0.25) is 0 Å². The van der Waals surface area contributed by atoms with Crippen molar-refractivity contribution in [3.8, 4) is 33.4 Å². The molecule has 13 rings (SSSR count). The average molecular weight is 798 g/mol. The zero-order valence-electron chi connectivity index (χ0n) is 33.4. The third-order valence-electron chi connectivity index (χ3n) is 13.8. The summed E-state index contributed by atoms with van der Waals surface area (Å²) in [6.07, 6.45) is 0. The van der Waals surface area contributed by atoms with Crippen LogP contribution < -0.4 is 25.6 Å². The molecule has 282 valence electrons. The van der Waals surface area contributed by atoms with Crippen LogP contribution in [0.2, 0.25) is 0 Å². The van der Waals surface area contributed by atoms with Crippen LogP contribution in [-0.4, -0.2) is 8.07 Å². The predicted octanol–water partition coefficient (Wildman–Crippen LogP) is 11.9. The second kappa shape index (κ2) is 12.4. The first kappa shape index (κ1) is 34.2. The zero-order valence-corrected chi connectivity index (χ0v) is 35.2. The molecule has 0 aromatic heterocycles. The van der Waals surface area contributed by atoms with E-state index >= 15 is 0 Å². The van der Waals surface area contributed by atoms with Crippen molar-refractivity contribution in [1.29, 1.82) is 0 Å². The quantitative estimate of drug-likeness (QED) is 0.160. The van der Waals surface area contributed by atoms with Gasteiger partial charge in [-0.2, -0.15) is 0 Å². The minimum Gasteiger partial charge on any atom is -0.310 e. The number of benzene rings is 9. The van der Waals surface area contributed by atoms with Crippen molar-refractivity contribution in [2.24, 2.45) is 0 Å².